The molecule has 1 saturated heterocycles. The van der Waals surface area contributed by atoms with Gasteiger partial charge in [-0.3, -0.25) is 4.79 Å². The Kier molecular flexibility index (Phi) is 3.44. The van der Waals surface area contributed by atoms with Crippen LogP contribution < -0.4 is 10.6 Å². The highest BCUT2D eigenvalue weighted by Crippen LogP contribution is 2.63. The minimum atomic E-state index is -0.0768. The molecule has 4 heteroatoms. The highest BCUT2D eigenvalue weighted by atomic mass is 16.5. The Labute approximate surface area is 157 Å². The molecule has 144 valence electrons. The number of carbonyl (C=O) groups excluding carboxylic acids is 1. The van der Waals surface area contributed by atoms with Crippen molar-refractivity contribution < 1.29 is 9.53 Å². The molecule has 2 N–H and O–H groups in total. The summed E-state index contributed by atoms with van der Waals surface area (Å²) in [4.78, 5) is 13.1. The zero-order valence-electron chi connectivity index (χ0n) is 16.1. The predicted molar refractivity (Wildman–Crippen MR) is 99.6 cm³/mol. The van der Waals surface area contributed by atoms with E-state index in [4.69, 9.17) is 4.74 Å². The average molecular weight is 359 g/mol. The number of hydrogen-bond donors (Lipinski definition) is 2. The van der Waals surface area contributed by atoms with Crippen LogP contribution in [0.5, 0.6) is 0 Å². The van der Waals surface area contributed by atoms with Crippen LogP contribution >= 0.6 is 0 Å². The number of fused-ring (bicyclic) bond motifs is 2. The number of amides is 1. The molecular formula is C22H34N2O2. The first-order chi connectivity index (χ1) is 12.6. The van der Waals surface area contributed by atoms with Gasteiger partial charge < -0.3 is 15.4 Å². The van der Waals surface area contributed by atoms with E-state index in [1.54, 1.807) is 0 Å². The quantitative estimate of drug-likeness (QED) is 0.812. The van der Waals surface area contributed by atoms with Gasteiger partial charge >= 0.3 is 0 Å². The first-order valence-corrected chi connectivity index (χ1v) is 11.3. The van der Waals surface area contributed by atoms with E-state index < -0.39 is 0 Å². The van der Waals surface area contributed by atoms with Crippen LogP contribution in [0.15, 0.2) is 0 Å². The molecule has 4 bridgehead atoms. The summed E-state index contributed by atoms with van der Waals surface area (Å²) in [6, 6.07) is 0.424. The number of nitrogens with one attached hydrogen (secondary N) is 2. The zero-order valence-corrected chi connectivity index (χ0v) is 16.1. The molecule has 0 radical (unpaired) electrons. The second kappa shape index (κ2) is 5.47. The molecule has 1 heterocycles. The van der Waals surface area contributed by atoms with E-state index in [0.717, 1.165) is 24.4 Å². The summed E-state index contributed by atoms with van der Waals surface area (Å²) in [7, 11) is 0. The highest BCUT2D eigenvalue weighted by Gasteiger charge is 2.66. The number of hydrogen-bond acceptors (Lipinski definition) is 3. The topological polar surface area (TPSA) is 50.4 Å². The third kappa shape index (κ3) is 2.18. The van der Waals surface area contributed by atoms with Gasteiger partial charge in [0.25, 0.3) is 0 Å². The van der Waals surface area contributed by atoms with Gasteiger partial charge in [0.05, 0.1) is 12.1 Å². The van der Waals surface area contributed by atoms with E-state index in [1.807, 2.05) is 0 Å². The maximum absolute atomic E-state index is 13.1. The predicted octanol–water partition coefficient (Wildman–Crippen LogP) is 3.01. The van der Waals surface area contributed by atoms with Gasteiger partial charge in [0.15, 0.2) is 0 Å². The Morgan fingerprint density at radius 3 is 2.31 bits per heavy atom. The van der Waals surface area contributed by atoms with Crippen LogP contribution in [-0.4, -0.2) is 36.2 Å². The first-order valence-electron chi connectivity index (χ1n) is 11.3. The van der Waals surface area contributed by atoms with Gasteiger partial charge in [-0.25, -0.2) is 0 Å². The summed E-state index contributed by atoms with van der Waals surface area (Å²) >= 11 is 0. The smallest absolute Gasteiger partial charge is 0.237 e. The lowest BCUT2D eigenvalue weighted by Gasteiger charge is -2.64. The van der Waals surface area contributed by atoms with E-state index in [1.165, 1.54) is 64.2 Å². The molecule has 7 rings (SSSR count). The van der Waals surface area contributed by atoms with Crippen molar-refractivity contribution in [3.63, 3.8) is 0 Å². The maximum Gasteiger partial charge on any atom is 0.237 e. The second-order valence-corrected chi connectivity index (χ2v) is 10.9. The Balaban J connectivity index is 1.13. The fourth-order valence-electron chi connectivity index (χ4n) is 8.47. The van der Waals surface area contributed by atoms with Gasteiger partial charge in [-0.15, -0.1) is 0 Å². The molecular weight excluding hydrogens is 324 g/mol. The summed E-state index contributed by atoms with van der Waals surface area (Å²) in [6.07, 6.45) is 13.6. The Morgan fingerprint density at radius 1 is 1.08 bits per heavy atom. The first kappa shape index (κ1) is 16.4. The molecule has 1 spiro atoms. The molecule has 4 unspecified atom stereocenters. The molecule has 4 nitrogen and oxygen atoms in total. The second-order valence-electron chi connectivity index (χ2n) is 10.9. The zero-order chi connectivity index (χ0) is 17.5. The lowest BCUT2D eigenvalue weighted by molar-refractivity contribution is -0.179. The number of carbonyl (C=O) groups is 1. The van der Waals surface area contributed by atoms with Crippen LogP contribution in [0.3, 0.4) is 0 Å². The minimum absolute atomic E-state index is 0.0768. The molecule has 0 aromatic heterocycles. The average Bonchev–Trinajstić information content (AvgIpc) is 2.94. The van der Waals surface area contributed by atoms with E-state index in [-0.39, 0.29) is 17.5 Å². The summed E-state index contributed by atoms with van der Waals surface area (Å²) in [6.45, 7) is 3.01. The van der Waals surface area contributed by atoms with Crippen LogP contribution in [0.1, 0.15) is 71.1 Å². The molecule has 7 aliphatic rings. The van der Waals surface area contributed by atoms with Crippen molar-refractivity contribution in [3.05, 3.63) is 0 Å². The Bertz CT molecular complexity index is 578. The molecule has 6 saturated carbocycles. The van der Waals surface area contributed by atoms with Crippen molar-refractivity contribution in [1.29, 1.82) is 0 Å². The minimum Gasteiger partial charge on any atom is -0.377 e. The summed E-state index contributed by atoms with van der Waals surface area (Å²) in [5, 5.41) is 7.34. The summed E-state index contributed by atoms with van der Waals surface area (Å²) in [5.74, 6) is 3.54. The Hall–Kier alpha value is -0.610. The molecule has 0 aromatic rings. The van der Waals surface area contributed by atoms with Gasteiger partial charge in [0.2, 0.25) is 5.91 Å². The molecule has 4 atom stereocenters. The standard InChI is InChI=1S/C22H34N2O2/c1-13(23-18-17-3-6-26-19(17)22(18)4-2-5-22)20(25)24-21-10-14-7-15(11-21)9-16(8-14)12-21/h13-19,23H,2-12H2,1H3,(H,24,25). The lowest BCUT2D eigenvalue weighted by atomic mass is 9.46. The largest absolute Gasteiger partial charge is 0.377 e. The van der Waals surface area contributed by atoms with Gasteiger partial charge in [-0.05, 0) is 82.5 Å². The molecule has 7 fully saturated rings. The highest BCUT2D eigenvalue weighted by molar-refractivity contribution is 5.82. The monoisotopic (exact) mass is 358 g/mol. The number of ether oxygens (including phenoxy) is 1. The van der Waals surface area contributed by atoms with Gasteiger partial charge in [0.1, 0.15) is 0 Å². The van der Waals surface area contributed by atoms with Gasteiger partial charge in [-0.2, -0.15) is 0 Å². The van der Waals surface area contributed by atoms with Crippen molar-refractivity contribution in [2.24, 2.45) is 29.1 Å². The van der Waals surface area contributed by atoms with Crippen LogP contribution in [0.25, 0.3) is 0 Å². The Morgan fingerprint density at radius 2 is 1.73 bits per heavy atom. The van der Waals surface area contributed by atoms with Gasteiger partial charge in [-0.1, -0.05) is 6.42 Å². The van der Waals surface area contributed by atoms with E-state index in [0.29, 0.717) is 23.5 Å². The van der Waals surface area contributed by atoms with Gasteiger partial charge in [0, 0.05) is 29.5 Å². The normalized spacial score (nSPS) is 50.8. The lowest BCUT2D eigenvalue weighted by Crippen LogP contribution is -2.73. The SMILES string of the molecule is CC(NC1C2CCOC2C12CCC2)C(=O)NC12CC3CC(CC(C3)C1)C2. The summed E-state index contributed by atoms with van der Waals surface area (Å²) < 4.78 is 6.03. The van der Waals surface area contributed by atoms with Crippen LogP contribution in [0.2, 0.25) is 0 Å². The third-order valence-corrected chi connectivity index (χ3v) is 9.29. The van der Waals surface area contributed by atoms with Crippen LogP contribution in [-0.2, 0) is 9.53 Å². The van der Waals surface area contributed by atoms with Crippen LogP contribution in [0.4, 0.5) is 0 Å². The molecule has 1 aliphatic heterocycles. The molecule has 0 aromatic carbocycles. The maximum atomic E-state index is 13.1. The number of rotatable bonds is 4. The molecule has 1 amide bonds. The summed E-state index contributed by atoms with van der Waals surface area (Å²) in [5.41, 5.74) is 0.491. The van der Waals surface area contributed by atoms with Crippen molar-refractivity contribution in [2.75, 3.05) is 6.61 Å². The van der Waals surface area contributed by atoms with E-state index in [2.05, 4.69) is 17.6 Å². The fraction of sp³-hybridized carbons (Fsp3) is 0.955. The fourth-order valence-corrected chi connectivity index (χ4v) is 8.47. The third-order valence-electron chi connectivity index (χ3n) is 9.29. The van der Waals surface area contributed by atoms with Crippen molar-refractivity contribution in [3.8, 4) is 0 Å². The van der Waals surface area contributed by atoms with Crippen LogP contribution in [0, 0.1) is 29.1 Å². The molecule has 6 aliphatic carbocycles. The van der Waals surface area contributed by atoms with Crippen molar-refractivity contribution in [1.82, 2.24) is 10.6 Å². The van der Waals surface area contributed by atoms with E-state index >= 15 is 0 Å². The van der Waals surface area contributed by atoms with E-state index in [9.17, 15) is 4.79 Å². The molecule has 26 heavy (non-hydrogen) atoms. The van der Waals surface area contributed by atoms with Crippen molar-refractivity contribution >= 4 is 5.91 Å². The van der Waals surface area contributed by atoms with Crippen molar-refractivity contribution in [2.45, 2.75) is 94.9 Å².